The van der Waals surface area contributed by atoms with Crippen molar-refractivity contribution >= 4 is 17.7 Å². The third-order valence-electron chi connectivity index (χ3n) is 13.5. The maximum Gasteiger partial charge on any atom is 0.252 e. The van der Waals surface area contributed by atoms with Gasteiger partial charge in [0.2, 0.25) is 11.8 Å². The van der Waals surface area contributed by atoms with Crippen molar-refractivity contribution in [2.24, 2.45) is 11.3 Å². The Hall–Kier alpha value is -2.67. The van der Waals surface area contributed by atoms with Gasteiger partial charge in [-0.2, -0.15) is 0 Å². The van der Waals surface area contributed by atoms with Crippen LogP contribution in [0.2, 0.25) is 0 Å². The van der Waals surface area contributed by atoms with Crippen LogP contribution in [-0.2, 0) is 23.9 Å². The van der Waals surface area contributed by atoms with Crippen LogP contribution < -0.4 is 0 Å². The Kier molecular flexibility index (Phi) is 11.8. The first-order valence-corrected chi connectivity index (χ1v) is 20.4. The number of likely N-dealkylation sites (tertiary alicyclic amines) is 2. The van der Waals surface area contributed by atoms with Gasteiger partial charge in [0.25, 0.3) is 5.91 Å². The van der Waals surface area contributed by atoms with Crippen LogP contribution in [0.3, 0.4) is 0 Å². The van der Waals surface area contributed by atoms with Crippen molar-refractivity contribution in [1.82, 2.24) is 24.5 Å². The molecule has 5 heterocycles. The van der Waals surface area contributed by atoms with E-state index < -0.39 is 35.6 Å². The Morgan fingerprint density at radius 1 is 0.868 bits per heavy atom. The molecule has 0 radical (unpaired) electrons. The predicted molar refractivity (Wildman–Crippen MR) is 197 cm³/mol. The van der Waals surface area contributed by atoms with E-state index in [2.05, 4.69) is 37.5 Å². The molecule has 0 spiro atoms. The molecular formula is C41H61F2N5O5. The molecule has 5 aliphatic heterocycles. The highest BCUT2D eigenvalue weighted by Crippen LogP contribution is 2.42. The Morgan fingerprint density at radius 3 is 2.23 bits per heavy atom. The van der Waals surface area contributed by atoms with Crippen LogP contribution in [0.5, 0.6) is 0 Å². The molecule has 1 aromatic carbocycles. The number of rotatable bonds is 8. The summed E-state index contributed by atoms with van der Waals surface area (Å²) in [5, 5.41) is 0. The number of benzene rings is 1. The third-order valence-corrected chi connectivity index (χ3v) is 13.5. The lowest BCUT2D eigenvalue weighted by molar-refractivity contribution is -0.148. The molecule has 1 saturated carbocycles. The molecule has 53 heavy (non-hydrogen) atoms. The lowest BCUT2D eigenvalue weighted by atomic mass is 9.75. The second kappa shape index (κ2) is 16.2. The third kappa shape index (κ3) is 8.31. The number of hydrogen-bond donors (Lipinski definition) is 0. The van der Waals surface area contributed by atoms with Gasteiger partial charge in [-0.1, -0.05) is 19.9 Å². The Labute approximate surface area is 314 Å². The van der Waals surface area contributed by atoms with Crippen LogP contribution in [-0.4, -0.2) is 144 Å². The van der Waals surface area contributed by atoms with Gasteiger partial charge in [0.05, 0.1) is 12.0 Å². The van der Waals surface area contributed by atoms with Gasteiger partial charge in [0.15, 0.2) is 0 Å². The molecular weight excluding hydrogens is 680 g/mol. The van der Waals surface area contributed by atoms with E-state index in [0.29, 0.717) is 70.4 Å². The van der Waals surface area contributed by atoms with Crippen LogP contribution in [0.25, 0.3) is 0 Å². The van der Waals surface area contributed by atoms with E-state index in [4.69, 9.17) is 9.47 Å². The number of ether oxygens (including phenoxy) is 2. The molecule has 1 aliphatic carbocycles. The molecule has 294 valence electrons. The quantitative estimate of drug-likeness (QED) is 0.384. The highest BCUT2D eigenvalue weighted by Gasteiger charge is 2.52. The van der Waals surface area contributed by atoms with Crippen LogP contribution >= 0.6 is 0 Å². The first kappa shape index (κ1) is 38.6. The topological polar surface area (TPSA) is 85.9 Å². The van der Waals surface area contributed by atoms with Gasteiger partial charge in [-0.3, -0.25) is 24.2 Å². The first-order chi connectivity index (χ1) is 25.4. The van der Waals surface area contributed by atoms with Crippen molar-refractivity contribution in [3.63, 3.8) is 0 Å². The first-order valence-electron chi connectivity index (χ1n) is 20.4. The van der Waals surface area contributed by atoms with E-state index in [1.165, 1.54) is 12.1 Å². The molecule has 12 heteroatoms. The van der Waals surface area contributed by atoms with Gasteiger partial charge in [-0.05, 0) is 88.7 Å². The van der Waals surface area contributed by atoms with Gasteiger partial charge >= 0.3 is 0 Å². The number of nitrogens with zero attached hydrogens (tertiary/aromatic N) is 5. The number of halogens is 2. The smallest absolute Gasteiger partial charge is 0.252 e. The number of amides is 3. The predicted octanol–water partition coefficient (Wildman–Crippen LogP) is 4.66. The van der Waals surface area contributed by atoms with E-state index in [0.717, 1.165) is 64.1 Å². The molecule has 10 nitrogen and oxygen atoms in total. The summed E-state index contributed by atoms with van der Waals surface area (Å²) < 4.78 is 41.3. The van der Waals surface area contributed by atoms with Crippen molar-refractivity contribution in [2.75, 3.05) is 65.6 Å². The number of carbonyl (C=O) groups is 3. The SMILES string of the molecule is CC(C)N1CCN(C(=O)[C@@H]2C[C@H](N(C(=O)C3CCCO3)C3CCC(C)(C)CC3)CN2C(=O)[C@@H]2CN(C3CCOCC3)C[C@H]2c2ccc(F)cc2F)CC1. The summed E-state index contributed by atoms with van der Waals surface area (Å²) in [4.78, 5) is 54.7. The van der Waals surface area contributed by atoms with Crippen molar-refractivity contribution in [1.29, 1.82) is 0 Å². The summed E-state index contributed by atoms with van der Waals surface area (Å²) in [6, 6.07) is 3.19. The molecule has 0 aromatic heterocycles. The minimum absolute atomic E-state index is 0.0129. The van der Waals surface area contributed by atoms with Gasteiger partial charge in [-0.25, -0.2) is 8.78 Å². The van der Waals surface area contributed by atoms with Gasteiger partial charge < -0.3 is 24.2 Å². The van der Waals surface area contributed by atoms with Crippen LogP contribution in [0.1, 0.15) is 97.0 Å². The van der Waals surface area contributed by atoms with Crippen LogP contribution in [0.4, 0.5) is 8.78 Å². The fraction of sp³-hybridized carbons (Fsp3) is 0.780. The summed E-state index contributed by atoms with van der Waals surface area (Å²) in [5.74, 6) is -2.68. The zero-order chi connectivity index (χ0) is 37.4. The number of carbonyl (C=O) groups excluding carboxylic acids is 3. The summed E-state index contributed by atoms with van der Waals surface area (Å²) in [6.45, 7) is 14.6. The highest BCUT2D eigenvalue weighted by molar-refractivity contribution is 5.91. The average Bonchev–Trinajstić information content (AvgIpc) is 3.93. The molecule has 5 atom stereocenters. The lowest BCUT2D eigenvalue weighted by Gasteiger charge is -2.43. The fourth-order valence-corrected chi connectivity index (χ4v) is 10.2. The average molecular weight is 742 g/mol. The fourth-order valence-electron chi connectivity index (χ4n) is 10.2. The zero-order valence-electron chi connectivity index (χ0n) is 32.3. The lowest BCUT2D eigenvalue weighted by Crippen LogP contribution is -2.56. The minimum Gasteiger partial charge on any atom is -0.381 e. The number of piperazine rings is 1. The molecule has 1 aromatic rings. The highest BCUT2D eigenvalue weighted by atomic mass is 19.1. The Balaban J connectivity index is 1.21. The van der Waals surface area contributed by atoms with Gasteiger partial charge in [0, 0.05) is 95.7 Å². The second-order valence-corrected chi connectivity index (χ2v) is 17.7. The summed E-state index contributed by atoms with van der Waals surface area (Å²) in [6.07, 6.45) is 6.80. The molecule has 1 unspecified atom stereocenters. The summed E-state index contributed by atoms with van der Waals surface area (Å²) >= 11 is 0. The molecule has 0 N–H and O–H groups in total. The van der Waals surface area contributed by atoms with E-state index in [1.54, 1.807) is 4.90 Å². The molecule has 6 aliphatic rings. The second-order valence-electron chi connectivity index (χ2n) is 17.7. The maximum atomic E-state index is 15.6. The Bertz CT molecular complexity index is 1460. The summed E-state index contributed by atoms with van der Waals surface area (Å²) in [7, 11) is 0. The van der Waals surface area contributed by atoms with Gasteiger partial charge in [0.1, 0.15) is 23.8 Å². The standard InChI is InChI=1S/C41H61F2N5O5/c1-27(2)44-15-17-45(18-16-44)39(50)36-23-31(48(40(51)37-6-5-19-53-37)30-9-13-41(3,4)14-10-30)24-47(36)38(49)34-26-46(29-11-20-52-21-12-29)25-33(34)32-8-7-28(42)22-35(32)43/h7-8,22,27,29-31,33-34,36-37H,5-6,9-21,23-26H2,1-4H3/t31-,33-,34+,36-,37?/m0/s1. The molecule has 7 rings (SSSR count). The normalized spacial score (nSPS) is 30.7. The maximum absolute atomic E-state index is 15.6. The van der Waals surface area contributed by atoms with E-state index in [1.807, 2.05) is 9.80 Å². The van der Waals surface area contributed by atoms with Gasteiger partial charge in [-0.15, -0.1) is 0 Å². The molecule has 5 saturated heterocycles. The minimum atomic E-state index is -0.728. The van der Waals surface area contributed by atoms with E-state index in [9.17, 15) is 14.0 Å². The Morgan fingerprint density at radius 2 is 1.58 bits per heavy atom. The monoisotopic (exact) mass is 741 g/mol. The van der Waals surface area contributed by atoms with Crippen LogP contribution in [0.15, 0.2) is 18.2 Å². The van der Waals surface area contributed by atoms with Crippen molar-refractivity contribution in [2.45, 2.75) is 128 Å². The zero-order valence-corrected chi connectivity index (χ0v) is 32.3. The largest absolute Gasteiger partial charge is 0.381 e. The molecule has 0 bridgehead atoms. The van der Waals surface area contributed by atoms with Crippen LogP contribution in [0, 0.1) is 23.0 Å². The van der Waals surface area contributed by atoms with E-state index >= 15 is 9.18 Å². The van der Waals surface area contributed by atoms with Crippen molar-refractivity contribution in [3.05, 3.63) is 35.4 Å². The molecule has 3 amide bonds. The van der Waals surface area contributed by atoms with Crippen molar-refractivity contribution in [3.8, 4) is 0 Å². The number of hydrogen-bond acceptors (Lipinski definition) is 7. The van der Waals surface area contributed by atoms with Crippen molar-refractivity contribution < 1.29 is 32.6 Å². The van der Waals surface area contributed by atoms with E-state index in [-0.39, 0.29) is 47.8 Å². The summed E-state index contributed by atoms with van der Waals surface area (Å²) in [5.41, 5.74) is 0.537. The molecule has 6 fully saturated rings.